The SMILES string of the molecule is CN(C)c1ccc(NC(=O)c2ccc(Nc3ccc(F)c(Cl)c3)nc2)cc1. The van der Waals surface area contributed by atoms with Crippen molar-refractivity contribution in [3.63, 3.8) is 0 Å². The fourth-order valence-electron chi connectivity index (χ4n) is 2.37. The number of nitrogens with one attached hydrogen (secondary N) is 2. The van der Waals surface area contributed by atoms with Crippen LogP contribution in [0.25, 0.3) is 0 Å². The summed E-state index contributed by atoms with van der Waals surface area (Å²) in [5.74, 6) is -0.221. The Morgan fingerprint density at radius 1 is 1.04 bits per heavy atom. The van der Waals surface area contributed by atoms with Crippen LogP contribution in [-0.2, 0) is 0 Å². The van der Waals surface area contributed by atoms with Crippen molar-refractivity contribution in [2.24, 2.45) is 0 Å². The first-order valence-electron chi connectivity index (χ1n) is 8.19. The highest BCUT2D eigenvalue weighted by Crippen LogP contribution is 2.22. The summed E-state index contributed by atoms with van der Waals surface area (Å²) in [6.07, 6.45) is 1.47. The van der Waals surface area contributed by atoms with Gasteiger partial charge in [0.1, 0.15) is 11.6 Å². The Hall–Kier alpha value is -3.12. The summed E-state index contributed by atoms with van der Waals surface area (Å²) in [5, 5.41) is 5.86. The molecule has 0 fully saturated rings. The smallest absolute Gasteiger partial charge is 0.257 e. The van der Waals surface area contributed by atoms with Gasteiger partial charge in [-0.3, -0.25) is 4.79 Å². The predicted octanol–water partition coefficient (Wildman–Crippen LogP) is 4.94. The van der Waals surface area contributed by atoms with Crippen LogP contribution in [0.4, 0.5) is 27.3 Å². The minimum Gasteiger partial charge on any atom is -0.378 e. The maximum atomic E-state index is 13.2. The van der Waals surface area contributed by atoms with Crippen LogP contribution in [0.1, 0.15) is 10.4 Å². The van der Waals surface area contributed by atoms with Crippen LogP contribution in [0.15, 0.2) is 60.8 Å². The summed E-state index contributed by atoms with van der Waals surface area (Å²) in [4.78, 5) is 18.5. The third kappa shape index (κ3) is 4.74. The Morgan fingerprint density at radius 2 is 1.74 bits per heavy atom. The Morgan fingerprint density at radius 3 is 2.33 bits per heavy atom. The predicted molar refractivity (Wildman–Crippen MR) is 108 cm³/mol. The lowest BCUT2D eigenvalue weighted by atomic mass is 10.2. The van der Waals surface area contributed by atoms with Gasteiger partial charge in [-0.1, -0.05) is 11.6 Å². The van der Waals surface area contributed by atoms with Gasteiger partial charge in [0.05, 0.1) is 10.6 Å². The molecule has 0 unspecified atom stereocenters. The largest absolute Gasteiger partial charge is 0.378 e. The highest BCUT2D eigenvalue weighted by Gasteiger charge is 2.08. The Kier molecular flexibility index (Phi) is 5.57. The van der Waals surface area contributed by atoms with Gasteiger partial charge in [-0.15, -0.1) is 0 Å². The third-order valence-corrected chi connectivity index (χ3v) is 4.15. The van der Waals surface area contributed by atoms with E-state index in [4.69, 9.17) is 11.6 Å². The molecule has 1 heterocycles. The van der Waals surface area contributed by atoms with E-state index in [9.17, 15) is 9.18 Å². The molecule has 0 saturated heterocycles. The zero-order chi connectivity index (χ0) is 19.4. The second kappa shape index (κ2) is 8.05. The topological polar surface area (TPSA) is 57.3 Å². The van der Waals surface area contributed by atoms with E-state index in [1.54, 1.807) is 18.2 Å². The van der Waals surface area contributed by atoms with Crippen LogP contribution in [0.3, 0.4) is 0 Å². The fourth-order valence-corrected chi connectivity index (χ4v) is 2.55. The molecule has 1 aromatic heterocycles. The molecule has 3 rings (SSSR count). The number of rotatable bonds is 5. The molecule has 0 spiro atoms. The zero-order valence-electron chi connectivity index (χ0n) is 14.8. The quantitative estimate of drug-likeness (QED) is 0.654. The van der Waals surface area contributed by atoms with E-state index < -0.39 is 5.82 Å². The number of hydrogen-bond donors (Lipinski definition) is 2. The molecule has 3 aromatic rings. The number of anilines is 4. The summed E-state index contributed by atoms with van der Waals surface area (Å²) in [5.41, 5.74) is 2.78. The monoisotopic (exact) mass is 384 g/mol. The van der Waals surface area contributed by atoms with E-state index in [1.807, 2.05) is 43.3 Å². The normalized spacial score (nSPS) is 10.4. The molecular formula is C20H18ClFN4O. The van der Waals surface area contributed by atoms with Crippen LogP contribution in [0.5, 0.6) is 0 Å². The van der Waals surface area contributed by atoms with E-state index in [2.05, 4.69) is 15.6 Å². The van der Waals surface area contributed by atoms with Gasteiger partial charge >= 0.3 is 0 Å². The molecule has 0 aliphatic heterocycles. The molecule has 1 amide bonds. The number of nitrogens with zero attached hydrogens (tertiary/aromatic N) is 2. The van der Waals surface area contributed by atoms with Crippen molar-refractivity contribution >= 4 is 40.4 Å². The number of pyridine rings is 1. The molecule has 138 valence electrons. The lowest BCUT2D eigenvalue weighted by Crippen LogP contribution is -2.13. The maximum absolute atomic E-state index is 13.2. The second-order valence-electron chi connectivity index (χ2n) is 6.08. The summed E-state index contributed by atoms with van der Waals surface area (Å²) in [6.45, 7) is 0. The number of hydrogen-bond acceptors (Lipinski definition) is 4. The van der Waals surface area contributed by atoms with Crippen molar-refractivity contribution in [1.29, 1.82) is 0 Å². The molecule has 2 N–H and O–H groups in total. The maximum Gasteiger partial charge on any atom is 0.257 e. The van der Waals surface area contributed by atoms with Crippen LogP contribution >= 0.6 is 11.6 Å². The minimum absolute atomic E-state index is 0.0243. The van der Waals surface area contributed by atoms with E-state index in [1.165, 1.54) is 18.3 Å². The molecule has 7 heteroatoms. The standard InChI is InChI=1S/C20H18ClFN4O/c1-26(2)16-7-4-14(5-8-16)25-20(27)13-3-10-19(23-12-13)24-15-6-9-18(22)17(21)11-15/h3-12H,1-2H3,(H,23,24)(H,25,27). The number of halogens is 2. The summed E-state index contributed by atoms with van der Waals surface area (Å²) in [7, 11) is 3.91. The molecule has 0 aliphatic rings. The molecule has 0 aliphatic carbocycles. The molecular weight excluding hydrogens is 367 g/mol. The first-order chi connectivity index (χ1) is 12.9. The second-order valence-corrected chi connectivity index (χ2v) is 6.49. The average Bonchev–Trinajstić information content (AvgIpc) is 2.66. The van der Waals surface area contributed by atoms with Crippen LogP contribution in [-0.4, -0.2) is 25.0 Å². The number of amides is 1. The van der Waals surface area contributed by atoms with Gasteiger partial charge in [-0.05, 0) is 54.6 Å². The lowest BCUT2D eigenvalue weighted by molar-refractivity contribution is 0.102. The van der Waals surface area contributed by atoms with Crippen molar-refractivity contribution in [1.82, 2.24) is 4.98 Å². The lowest BCUT2D eigenvalue weighted by Gasteiger charge is -2.13. The van der Waals surface area contributed by atoms with Gasteiger partial charge in [-0.25, -0.2) is 9.37 Å². The third-order valence-electron chi connectivity index (χ3n) is 3.86. The molecule has 0 radical (unpaired) electrons. The first kappa shape index (κ1) is 18.7. The molecule has 0 saturated carbocycles. The van der Waals surface area contributed by atoms with Crippen LogP contribution in [0.2, 0.25) is 5.02 Å². The molecule has 0 atom stereocenters. The Bertz CT molecular complexity index is 943. The van der Waals surface area contributed by atoms with Gasteiger partial charge in [0.25, 0.3) is 5.91 Å². The summed E-state index contributed by atoms with van der Waals surface area (Å²) >= 11 is 5.76. The van der Waals surface area contributed by atoms with Gasteiger partial charge in [-0.2, -0.15) is 0 Å². The van der Waals surface area contributed by atoms with Crippen molar-refractivity contribution in [2.45, 2.75) is 0 Å². The Labute approximate surface area is 161 Å². The molecule has 27 heavy (non-hydrogen) atoms. The van der Waals surface area contributed by atoms with Crippen molar-refractivity contribution < 1.29 is 9.18 Å². The molecule has 2 aromatic carbocycles. The summed E-state index contributed by atoms with van der Waals surface area (Å²) < 4.78 is 13.2. The van der Waals surface area contributed by atoms with E-state index in [-0.39, 0.29) is 10.9 Å². The van der Waals surface area contributed by atoms with Crippen molar-refractivity contribution in [2.75, 3.05) is 29.6 Å². The van der Waals surface area contributed by atoms with Crippen molar-refractivity contribution in [3.8, 4) is 0 Å². The fraction of sp³-hybridized carbons (Fsp3) is 0.100. The molecule has 5 nitrogen and oxygen atoms in total. The van der Waals surface area contributed by atoms with E-state index in [0.29, 0.717) is 22.8 Å². The highest BCUT2D eigenvalue weighted by atomic mass is 35.5. The minimum atomic E-state index is -0.485. The summed E-state index contributed by atoms with van der Waals surface area (Å²) in [6, 6.07) is 15.2. The van der Waals surface area contributed by atoms with Gasteiger partial charge < -0.3 is 15.5 Å². The van der Waals surface area contributed by atoms with E-state index >= 15 is 0 Å². The van der Waals surface area contributed by atoms with Crippen molar-refractivity contribution in [3.05, 3.63) is 77.2 Å². The van der Waals surface area contributed by atoms with E-state index in [0.717, 1.165) is 5.69 Å². The van der Waals surface area contributed by atoms with Crippen LogP contribution < -0.4 is 15.5 Å². The zero-order valence-corrected chi connectivity index (χ0v) is 15.6. The van der Waals surface area contributed by atoms with Gasteiger partial charge in [0, 0.05) is 37.4 Å². The van der Waals surface area contributed by atoms with Gasteiger partial charge in [0.2, 0.25) is 0 Å². The number of benzene rings is 2. The number of aromatic nitrogens is 1. The average molecular weight is 385 g/mol. The first-order valence-corrected chi connectivity index (χ1v) is 8.57. The Balaban J connectivity index is 1.65. The van der Waals surface area contributed by atoms with Crippen LogP contribution in [0, 0.1) is 5.82 Å². The number of carbonyl (C=O) groups excluding carboxylic acids is 1. The number of carbonyl (C=O) groups is 1. The molecule has 0 bridgehead atoms. The highest BCUT2D eigenvalue weighted by molar-refractivity contribution is 6.31. The van der Waals surface area contributed by atoms with Gasteiger partial charge in [0.15, 0.2) is 0 Å².